The Morgan fingerprint density at radius 1 is 1.17 bits per heavy atom. The quantitative estimate of drug-likeness (QED) is 0.869. The van der Waals surface area contributed by atoms with E-state index in [2.05, 4.69) is 28.3 Å². The number of amides is 1. The van der Waals surface area contributed by atoms with Gasteiger partial charge < -0.3 is 9.42 Å². The molecule has 0 unspecified atom stereocenters. The highest BCUT2D eigenvalue weighted by Gasteiger charge is 2.40. The van der Waals surface area contributed by atoms with E-state index in [4.69, 9.17) is 4.52 Å². The molecule has 1 aromatic carbocycles. The lowest BCUT2D eigenvalue weighted by molar-refractivity contribution is -0.133. The molecule has 0 spiro atoms. The van der Waals surface area contributed by atoms with E-state index < -0.39 is 0 Å². The van der Waals surface area contributed by atoms with Crippen molar-refractivity contribution >= 4 is 5.91 Å². The highest BCUT2D eigenvalue weighted by atomic mass is 16.5. The number of rotatable bonds is 3. The summed E-state index contributed by atoms with van der Waals surface area (Å²) in [7, 11) is 0. The number of fused-ring (bicyclic) bond motifs is 1. The summed E-state index contributed by atoms with van der Waals surface area (Å²) in [5.41, 5.74) is 2.53. The summed E-state index contributed by atoms with van der Waals surface area (Å²) in [6.07, 6.45) is 6.16. The lowest BCUT2D eigenvalue weighted by Crippen LogP contribution is -2.34. The summed E-state index contributed by atoms with van der Waals surface area (Å²) in [4.78, 5) is 19.8. The maximum absolute atomic E-state index is 13.2. The molecule has 2 atom stereocenters. The third-order valence-electron chi connectivity index (χ3n) is 5.65. The SMILES string of the molecule is O=C([C@@H]1CCc2ccccc21)N1CCC[C@@H]1c1noc(C2CC2)n1. The van der Waals surface area contributed by atoms with Crippen LogP contribution in [0.25, 0.3) is 0 Å². The predicted molar refractivity (Wildman–Crippen MR) is 87.5 cm³/mol. The Morgan fingerprint density at radius 3 is 2.92 bits per heavy atom. The van der Waals surface area contributed by atoms with Gasteiger partial charge in [0.2, 0.25) is 11.8 Å². The van der Waals surface area contributed by atoms with Crippen molar-refractivity contribution in [3.8, 4) is 0 Å². The van der Waals surface area contributed by atoms with Crippen LogP contribution in [0.3, 0.4) is 0 Å². The van der Waals surface area contributed by atoms with Crippen molar-refractivity contribution in [2.24, 2.45) is 0 Å². The second-order valence-electron chi connectivity index (χ2n) is 7.24. The Hall–Kier alpha value is -2.17. The molecule has 2 aromatic rings. The van der Waals surface area contributed by atoms with Gasteiger partial charge in [-0.05, 0) is 49.7 Å². The first-order valence-electron chi connectivity index (χ1n) is 9.03. The van der Waals surface area contributed by atoms with Crippen molar-refractivity contribution < 1.29 is 9.32 Å². The zero-order chi connectivity index (χ0) is 16.1. The number of aryl methyl sites for hydroxylation is 1. The van der Waals surface area contributed by atoms with E-state index in [9.17, 15) is 4.79 Å². The summed E-state index contributed by atoms with van der Waals surface area (Å²) in [6, 6.07) is 8.33. The van der Waals surface area contributed by atoms with Crippen molar-refractivity contribution in [2.45, 2.75) is 56.4 Å². The molecule has 2 heterocycles. The maximum Gasteiger partial charge on any atom is 0.230 e. The molecule has 24 heavy (non-hydrogen) atoms. The number of aromatic nitrogens is 2. The Kier molecular flexibility index (Phi) is 3.21. The fourth-order valence-electron chi connectivity index (χ4n) is 4.19. The molecule has 1 saturated heterocycles. The standard InChI is InChI=1S/C19H21N3O2/c23-19(15-10-9-12-4-1-2-5-14(12)15)22-11-3-6-16(22)17-20-18(24-21-17)13-7-8-13/h1-2,4-5,13,15-16H,3,6-11H2/t15-,16-/m1/s1. The lowest BCUT2D eigenvalue weighted by atomic mass is 9.99. The first-order valence-corrected chi connectivity index (χ1v) is 9.03. The molecule has 3 aliphatic rings. The highest BCUT2D eigenvalue weighted by Crippen LogP contribution is 2.41. The fraction of sp³-hybridized carbons (Fsp3) is 0.526. The third-order valence-corrected chi connectivity index (χ3v) is 5.65. The summed E-state index contributed by atoms with van der Waals surface area (Å²) in [6.45, 7) is 0.801. The number of likely N-dealkylation sites (tertiary alicyclic amines) is 1. The maximum atomic E-state index is 13.2. The molecule has 1 saturated carbocycles. The van der Waals surface area contributed by atoms with Crippen LogP contribution in [-0.4, -0.2) is 27.5 Å². The Bertz CT molecular complexity index is 780. The molecule has 0 radical (unpaired) electrons. The Morgan fingerprint density at radius 2 is 2.04 bits per heavy atom. The minimum Gasteiger partial charge on any atom is -0.339 e. The molecule has 0 bridgehead atoms. The Labute approximate surface area is 141 Å². The van der Waals surface area contributed by atoms with E-state index in [1.165, 1.54) is 11.1 Å². The van der Waals surface area contributed by atoms with Gasteiger partial charge >= 0.3 is 0 Å². The van der Waals surface area contributed by atoms with Crippen LogP contribution in [0.15, 0.2) is 28.8 Å². The van der Waals surface area contributed by atoms with Gasteiger partial charge in [-0.1, -0.05) is 29.4 Å². The summed E-state index contributed by atoms with van der Waals surface area (Å²) < 4.78 is 5.41. The van der Waals surface area contributed by atoms with Crippen LogP contribution in [-0.2, 0) is 11.2 Å². The number of hydrogen-bond donors (Lipinski definition) is 0. The van der Waals surface area contributed by atoms with E-state index in [0.29, 0.717) is 11.7 Å². The van der Waals surface area contributed by atoms with Gasteiger partial charge in [0.25, 0.3) is 0 Å². The molecule has 5 nitrogen and oxygen atoms in total. The fourth-order valence-corrected chi connectivity index (χ4v) is 4.19. The number of carbonyl (C=O) groups excluding carboxylic acids is 1. The molecule has 2 fully saturated rings. The average molecular weight is 323 g/mol. The number of benzene rings is 1. The molecule has 0 N–H and O–H groups in total. The molecule has 124 valence electrons. The van der Waals surface area contributed by atoms with E-state index in [1.807, 2.05) is 11.0 Å². The van der Waals surface area contributed by atoms with Crippen LogP contribution >= 0.6 is 0 Å². The van der Waals surface area contributed by atoms with E-state index in [-0.39, 0.29) is 17.9 Å². The van der Waals surface area contributed by atoms with Crippen molar-refractivity contribution in [1.82, 2.24) is 15.0 Å². The zero-order valence-corrected chi connectivity index (χ0v) is 13.6. The van der Waals surface area contributed by atoms with Gasteiger partial charge in [-0.25, -0.2) is 0 Å². The zero-order valence-electron chi connectivity index (χ0n) is 13.6. The molecule has 1 aromatic heterocycles. The van der Waals surface area contributed by atoms with Gasteiger partial charge in [0, 0.05) is 12.5 Å². The van der Waals surface area contributed by atoms with Crippen molar-refractivity contribution in [1.29, 1.82) is 0 Å². The molecule has 1 aliphatic heterocycles. The van der Waals surface area contributed by atoms with Crippen LogP contribution in [0, 0.1) is 0 Å². The van der Waals surface area contributed by atoms with Crippen LogP contribution < -0.4 is 0 Å². The van der Waals surface area contributed by atoms with E-state index >= 15 is 0 Å². The number of nitrogens with zero attached hydrogens (tertiary/aromatic N) is 3. The molecular weight excluding hydrogens is 302 g/mol. The van der Waals surface area contributed by atoms with Gasteiger partial charge in [0.05, 0.1) is 12.0 Å². The third kappa shape index (κ3) is 2.26. The second-order valence-corrected chi connectivity index (χ2v) is 7.24. The van der Waals surface area contributed by atoms with E-state index in [0.717, 1.165) is 51.0 Å². The summed E-state index contributed by atoms with van der Waals surface area (Å²) >= 11 is 0. The van der Waals surface area contributed by atoms with Gasteiger partial charge in [0.1, 0.15) is 0 Å². The number of carbonyl (C=O) groups is 1. The Balaban J connectivity index is 1.40. The molecule has 5 rings (SSSR count). The molecular formula is C19H21N3O2. The van der Waals surface area contributed by atoms with Crippen LogP contribution in [0.1, 0.15) is 72.8 Å². The highest BCUT2D eigenvalue weighted by molar-refractivity contribution is 5.85. The molecule has 2 aliphatic carbocycles. The van der Waals surface area contributed by atoms with Crippen LogP contribution in [0.4, 0.5) is 0 Å². The summed E-state index contributed by atoms with van der Waals surface area (Å²) in [5.74, 6) is 2.15. The topological polar surface area (TPSA) is 59.2 Å². The predicted octanol–water partition coefficient (Wildman–Crippen LogP) is 3.34. The van der Waals surface area contributed by atoms with Gasteiger partial charge in [-0.3, -0.25) is 4.79 Å². The number of hydrogen-bond acceptors (Lipinski definition) is 4. The first-order chi connectivity index (χ1) is 11.8. The smallest absolute Gasteiger partial charge is 0.230 e. The second kappa shape index (κ2) is 5.43. The minimum atomic E-state index is -0.0125. The lowest BCUT2D eigenvalue weighted by Gasteiger charge is -2.25. The molecule has 5 heteroatoms. The van der Waals surface area contributed by atoms with Crippen molar-refractivity contribution in [3.63, 3.8) is 0 Å². The largest absolute Gasteiger partial charge is 0.339 e. The summed E-state index contributed by atoms with van der Waals surface area (Å²) in [5, 5.41) is 4.18. The average Bonchev–Trinajstić information content (AvgIpc) is 3.06. The molecule has 1 amide bonds. The van der Waals surface area contributed by atoms with Crippen LogP contribution in [0.2, 0.25) is 0 Å². The van der Waals surface area contributed by atoms with Gasteiger partial charge in [-0.2, -0.15) is 4.98 Å². The first kappa shape index (κ1) is 14.2. The van der Waals surface area contributed by atoms with E-state index in [1.54, 1.807) is 0 Å². The van der Waals surface area contributed by atoms with Crippen molar-refractivity contribution in [2.75, 3.05) is 6.54 Å². The van der Waals surface area contributed by atoms with Crippen LogP contribution in [0.5, 0.6) is 0 Å². The van der Waals surface area contributed by atoms with Crippen molar-refractivity contribution in [3.05, 3.63) is 47.1 Å². The minimum absolute atomic E-state index is 0.00314. The van der Waals surface area contributed by atoms with Gasteiger partial charge in [0.15, 0.2) is 5.82 Å². The normalized spacial score (nSPS) is 25.9. The van der Waals surface area contributed by atoms with Gasteiger partial charge in [-0.15, -0.1) is 0 Å². The monoisotopic (exact) mass is 323 g/mol.